The van der Waals surface area contributed by atoms with Crippen LogP contribution in [-0.4, -0.2) is 46.9 Å². The number of rotatable bonds is 6. The maximum Gasteiger partial charge on any atom is 0.254 e. The van der Waals surface area contributed by atoms with Gasteiger partial charge in [-0.05, 0) is 60.0 Å². The van der Waals surface area contributed by atoms with E-state index in [0.29, 0.717) is 44.0 Å². The molecule has 1 amide bonds. The van der Waals surface area contributed by atoms with Crippen LogP contribution in [0.4, 0.5) is 14.5 Å². The molecular formula is C27H24F2N4OS. The van der Waals surface area contributed by atoms with Gasteiger partial charge < -0.3 is 9.62 Å². The van der Waals surface area contributed by atoms with Gasteiger partial charge in [0.25, 0.3) is 5.91 Å². The number of nitrogens with zero attached hydrogens (tertiary/aromatic N) is 3. The van der Waals surface area contributed by atoms with Crippen LogP contribution in [0.5, 0.6) is 0 Å². The van der Waals surface area contributed by atoms with Crippen LogP contribution in [0.3, 0.4) is 0 Å². The number of anilines is 1. The molecule has 4 aromatic rings. The molecule has 1 fully saturated rings. The van der Waals surface area contributed by atoms with E-state index in [1.165, 1.54) is 30.1 Å². The predicted molar refractivity (Wildman–Crippen MR) is 135 cm³/mol. The summed E-state index contributed by atoms with van der Waals surface area (Å²) in [4.78, 5) is 22.2. The Balaban J connectivity index is 1.19. The zero-order chi connectivity index (χ0) is 24.2. The number of hydrogen-bond acceptors (Lipinski definition) is 5. The van der Waals surface area contributed by atoms with Crippen LogP contribution in [0.2, 0.25) is 0 Å². The molecule has 1 aromatic heterocycles. The molecule has 0 atom stereocenters. The second kappa shape index (κ2) is 10.4. The Morgan fingerprint density at radius 3 is 2.54 bits per heavy atom. The van der Waals surface area contributed by atoms with Crippen LogP contribution < -0.4 is 4.72 Å². The molecule has 0 unspecified atom stereocenters. The third-order valence-electron chi connectivity index (χ3n) is 6.04. The molecule has 178 valence electrons. The standard InChI is InChI=1S/C27H24F2N4OS/c28-22-7-1-4-19(16-22)18-32-12-14-33(15-13-32)27(34)21-9-10-24(23(29)17-21)31-35-25-8-2-5-20-6-3-11-30-26(20)25/h1-11,16-17,31H,12-15,18H2. The van der Waals surface area contributed by atoms with Gasteiger partial charge in [-0.15, -0.1) is 0 Å². The number of piperazine rings is 1. The number of pyridine rings is 1. The van der Waals surface area contributed by atoms with E-state index < -0.39 is 5.82 Å². The zero-order valence-corrected chi connectivity index (χ0v) is 19.8. The van der Waals surface area contributed by atoms with Crippen LogP contribution in [0, 0.1) is 11.6 Å². The minimum absolute atomic E-state index is 0.188. The number of hydrogen-bond donors (Lipinski definition) is 1. The van der Waals surface area contributed by atoms with Gasteiger partial charge in [0.1, 0.15) is 11.6 Å². The van der Waals surface area contributed by atoms with Crippen molar-refractivity contribution in [3.8, 4) is 0 Å². The number of para-hydroxylation sites is 1. The lowest BCUT2D eigenvalue weighted by Gasteiger charge is -2.34. The maximum atomic E-state index is 14.8. The summed E-state index contributed by atoms with van der Waals surface area (Å²) in [6.45, 7) is 3.08. The largest absolute Gasteiger partial charge is 0.336 e. The molecule has 8 heteroatoms. The first kappa shape index (κ1) is 23.3. The smallest absolute Gasteiger partial charge is 0.254 e. The van der Waals surface area contributed by atoms with Crippen LogP contribution >= 0.6 is 11.9 Å². The van der Waals surface area contributed by atoms with Crippen molar-refractivity contribution in [3.63, 3.8) is 0 Å². The van der Waals surface area contributed by atoms with Crippen molar-refractivity contribution in [3.05, 3.63) is 102 Å². The van der Waals surface area contributed by atoms with Crippen molar-refractivity contribution < 1.29 is 13.6 Å². The molecule has 0 aliphatic carbocycles. The average Bonchev–Trinajstić information content (AvgIpc) is 2.88. The summed E-state index contributed by atoms with van der Waals surface area (Å²) < 4.78 is 31.3. The lowest BCUT2D eigenvalue weighted by atomic mass is 10.1. The van der Waals surface area contributed by atoms with E-state index in [1.54, 1.807) is 29.3 Å². The fourth-order valence-corrected chi connectivity index (χ4v) is 4.98. The van der Waals surface area contributed by atoms with Crippen LogP contribution in [0.1, 0.15) is 15.9 Å². The third kappa shape index (κ3) is 5.44. The van der Waals surface area contributed by atoms with Gasteiger partial charge in [0.15, 0.2) is 0 Å². The van der Waals surface area contributed by atoms with Gasteiger partial charge in [-0.2, -0.15) is 0 Å². The van der Waals surface area contributed by atoms with Crippen molar-refractivity contribution in [1.29, 1.82) is 0 Å². The van der Waals surface area contributed by atoms with Gasteiger partial charge >= 0.3 is 0 Å². The summed E-state index contributed by atoms with van der Waals surface area (Å²) in [5.74, 6) is -0.920. The van der Waals surface area contributed by atoms with Crippen LogP contribution in [-0.2, 0) is 6.54 Å². The minimum atomic E-state index is -0.485. The quantitative estimate of drug-likeness (QED) is 0.357. The SMILES string of the molecule is O=C(c1ccc(NSc2cccc3cccnc23)c(F)c1)N1CCN(Cc2cccc(F)c2)CC1. The van der Waals surface area contributed by atoms with Crippen molar-refractivity contribution >= 4 is 34.4 Å². The lowest BCUT2D eigenvalue weighted by Crippen LogP contribution is -2.48. The lowest BCUT2D eigenvalue weighted by molar-refractivity contribution is 0.0628. The van der Waals surface area contributed by atoms with Crippen molar-refractivity contribution in [2.45, 2.75) is 11.4 Å². The molecule has 1 aliphatic rings. The first-order chi connectivity index (χ1) is 17.1. The van der Waals surface area contributed by atoms with E-state index in [9.17, 15) is 13.6 Å². The van der Waals surface area contributed by atoms with E-state index in [0.717, 1.165) is 21.4 Å². The highest BCUT2D eigenvalue weighted by Gasteiger charge is 2.23. The molecule has 1 aliphatic heterocycles. The van der Waals surface area contributed by atoms with E-state index >= 15 is 0 Å². The molecule has 1 saturated heterocycles. The highest BCUT2D eigenvalue weighted by atomic mass is 32.2. The summed E-state index contributed by atoms with van der Waals surface area (Å²) >= 11 is 1.28. The second-order valence-electron chi connectivity index (χ2n) is 8.43. The average molecular weight is 491 g/mol. The van der Waals surface area contributed by atoms with Gasteiger partial charge in [0, 0.05) is 49.9 Å². The number of halogens is 2. The molecule has 5 nitrogen and oxygen atoms in total. The van der Waals surface area contributed by atoms with Crippen molar-refractivity contribution in [2.24, 2.45) is 0 Å². The number of carbonyl (C=O) groups excluding carboxylic acids is 1. The van der Waals surface area contributed by atoms with E-state index in [4.69, 9.17) is 0 Å². The Bertz CT molecular complexity index is 1350. The normalized spacial score (nSPS) is 14.3. The number of nitrogens with one attached hydrogen (secondary N) is 1. The molecule has 0 radical (unpaired) electrons. The van der Waals surface area contributed by atoms with Gasteiger partial charge in [0.05, 0.1) is 16.1 Å². The fraction of sp³-hybridized carbons (Fsp3) is 0.185. The topological polar surface area (TPSA) is 48.5 Å². The molecule has 35 heavy (non-hydrogen) atoms. The Labute approximate surface area is 206 Å². The molecule has 1 N–H and O–H groups in total. The van der Waals surface area contributed by atoms with Crippen LogP contribution in [0.15, 0.2) is 83.9 Å². The fourth-order valence-electron chi connectivity index (χ4n) is 4.18. The van der Waals surface area contributed by atoms with E-state index in [2.05, 4.69) is 14.6 Å². The molecular weight excluding hydrogens is 466 g/mol. The number of carbonyl (C=O) groups is 1. The molecule has 5 rings (SSSR count). The first-order valence-corrected chi connectivity index (χ1v) is 12.2. The van der Waals surface area contributed by atoms with E-state index in [-0.39, 0.29) is 11.7 Å². The molecule has 0 spiro atoms. The molecule has 0 saturated carbocycles. The molecule has 2 heterocycles. The van der Waals surface area contributed by atoms with Gasteiger partial charge in [-0.3, -0.25) is 14.7 Å². The van der Waals surface area contributed by atoms with Crippen molar-refractivity contribution in [1.82, 2.24) is 14.8 Å². The number of benzene rings is 3. The summed E-state index contributed by atoms with van der Waals surface area (Å²) in [6.07, 6.45) is 1.73. The Hall–Kier alpha value is -3.49. The zero-order valence-electron chi connectivity index (χ0n) is 19.0. The summed E-state index contributed by atoms with van der Waals surface area (Å²) in [5, 5.41) is 1.01. The van der Waals surface area contributed by atoms with Crippen molar-refractivity contribution in [2.75, 3.05) is 30.9 Å². The highest BCUT2D eigenvalue weighted by molar-refractivity contribution is 8.00. The Morgan fingerprint density at radius 2 is 1.74 bits per heavy atom. The Kier molecular flexibility index (Phi) is 6.92. The maximum absolute atomic E-state index is 14.8. The molecule has 0 bridgehead atoms. The van der Waals surface area contributed by atoms with Gasteiger partial charge in [-0.1, -0.05) is 30.3 Å². The number of amides is 1. The number of fused-ring (bicyclic) bond motifs is 1. The highest BCUT2D eigenvalue weighted by Crippen LogP contribution is 2.29. The summed E-state index contributed by atoms with van der Waals surface area (Å²) in [7, 11) is 0. The van der Waals surface area contributed by atoms with Gasteiger partial charge in [0.2, 0.25) is 0 Å². The number of aromatic nitrogens is 1. The predicted octanol–water partition coefficient (Wildman–Crippen LogP) is 5.59. The summed E-state index contributed by atoms with van der Waals surface area (Å²) in [5.41, 5.74) is 2.38. The monoisotopic (exact) mass is 490 g/mol. The van der Waals surface area contributed by atoms with Crippen LogP contribution in [0.25, 0.3) is 10.9 Å². The van der Waals surface area contributed by atoms with Gasteiger partial charge in [-0.25, -0.2) is 8.78 Å². The second-order valence-corrected chi connectivity index (χ2v) is 9.28. The third-order valence-corrected chi connectivity index (χ3v) is 6.91. The molecule has 3 aromatic carbocycles. The first-order valence-electron chi connectivity index (χ1n) is 11.4. The Morgan fingerprint density at radius 1 is 0.943 bits per heavy atom. The van der Waals surface area contributed by atoms with E-state index in [1.807, 2.05) is 36.4 Å². The minimum Gasteiger partial charge on any atom is -0.336 e. The summed E-state index contributed by atoms with van der Waals surface area (Å²) in [6, 6.07) is 20.8.